The first kappa shape index (κ1) is 37.0. The van der Waals surface area contributed by atoms with Crippen LogP contribution in [0.3, 0.4) is 0 Å². The first-order valence-electron chi connectivity index (χ1n) is 14.0. The molecule has 2 aromatic rings. The molecule has 2 rings (SSSR count). The largest absolute Gasteiger partial charge is 1.00 e. The number of hydrogen-bond acceptors (Lipinski definition) is 2. The van der Waals surface area contributed by atoms with Crippen LogP contribution in [-0.2, 0) is 17.4 Å². The summed E-state index contributed by atoms with van der Waals surface area (Å²) in [7, 11) is -4.64. The molecule has 0 atom stereocenters. The minimum Gasteiger partial charge on any atom is -1.00 e. The Morgan fingerprint density at radius 1 is 0.595 bits per heavy atom. The molecule has 0 spiro atoms. The second-order valence-electron chi connectivity index (χ2n) is 9.57. The van der Waals surface area contributed by atoms with Gasteiger partial charge in [0.05, 0.1) is 0 Å². The van der Waals surface area contributed by atoms with Gasteiger partial charge >= 0.3 is 59.2 Å². The van der Waals surface area contributed by atoms with E-state index in [4.69, 9.17) is 24.0 Å². The number of phosphoric acid groups is 1. The van der Waals surface area contributed by atoms with Gasteiger partial charge in [-0.25, -0.2) is 4.57 Å². The van der Waals surface area contributed by atoms with E-state index in [9.17, 15) is 0 Å². The molecule has 2 aromatic carbocycles. The zero-order chi connectivity index (χ0) is 26.5. The standard InChI is InChI=1S/C30H46O.K.H3O4P.H/c1-3-5-7-9-11-13-15-21-27-23-17-19-25-29(27)31-30-26-20-18-24-28(30)22-16-14-12-10-8-6-4-2;;1-5(2,3)4;/h17-20,23-26H,3-16,21-22H2,1-2H3;;(H3,1,2,3,4);/q;+1;;-1. The van der Waals surface area contributed by atoms with Crippen LogP contribution >= 0.6 is 7.82 Å². The van der Waals surface area contributed by atoms with Crippen LogP contribution in [-0.4, -0.2) is 14.7 Å². The predicted octanol–water partition coefficient (Wildman–Crippen LogP) is 6.25. The number of para-hydroxylation sites is 2. The fraction of sp³-hybridized carbons (Fsp3) is 0.600. The summed E-state index contributed by atoms with van der Waals surface area (Å²) in [6.07, 6.45) is 21.1. The van der Waals surface area contributed by atoms with E-state index in [1.54, 1.807) is 0 Å². The summed E-state index contributed by atoms with van der Waals surface area (Å²) in [4.78, 5) is 21.6. The van der Waals surface area contributed by atoms with E-state index in [-0.39, 0.29) is 52.8 Å². The van der Waals surface area contributed by atoms with Crippen molar-refractivity contribution in [3.8, 4) is 11.5 Å². The minimum absolute atomic E-state index is 0. The summed E-state index contributed by atoms with van der Waals surface area (Å²) < 4.78 is 15.3. The molecular weight excluding hydrogens is 510 g/mol. The van der Waals surface area contributed by atoms with E-state index < -0.39 is 7.82 Å². The molecule has 3 N–H and O–H groups in total. The van der Waals surface area contributed by atoms with Crippen molar-refractivity contribution in [2.75, 3.05) is 0 Å². The van der Waals surface area contributed by atoms with Crippen molar-refractivity contribution < 1.29 is 76.8 Å². The van der Waals surface area contributed by atoms with E-state index in [0.717, 1.165) is 24.3 Å². The first-order valence-corrected chi connectivity index (χ1v) is 15.5. The van der Waals surface area contributed by atoms with Gasteiger partial charge in [0.1, 0.15) is 11.5 Å². The summed E-state index contributed by atoms with van der Waals surface area (Å²) in [6.45, 7) is 4.56. The van der Waals surface area contributed by atoms with Gasteiger partial charge in [-0.3, -0.25) is 0 Å². The summed E-state index contributed by atoms with van der Waals surface area (Å²) >= 11 is 0. The van der Waals surface area contributed by atoms with Gasteiger partial charge in [0.2, 0.25) is 0 Å². The molecule has 7 heteroatoms. The Morgan fingerprint density at radius 2 is 0.892 bits per heavy atom. The Labute approximate surface area is 270 Å². The van der Waals surface area contributed by atoms with Crippen molar-refractivity contribution >= 4 is 7.82 Å². The molecule has 0 aliphatic rings. The van der Waals surface area contributed by atoms with Crippen LogP contribution in [0, 0.1) is 0 Å². The van der Waals surface area contributed by atoms with Gasteiger partial charge in [-0.1, -0.05) is 127 Å². The number of benzene rings is 2. The number of unbranched alkanes of at least 4 members (excludes halogenated alkanes) is 12. The van der Waals surface area contributed by atoms with Crippen LogP contribution in [0.2, 0.25) is 0 Å². The molecule has 0 aliphatic heterocycles. The van der Waals surface area contributed by atoms with Crippen molar-refractivity contribution in [1.29, 1.82) is 0 Å². The normalized spacial score (nSPS) is 10.8. The molecule has 37 heavy (non-hydrogen) atoms. The van der Waals surface area contributed by atoms with E-state index in [1.807, 2.05) is 0 Å². The Bertz CT molecular complexity index is 794. The van der Waals surface area contributed by atoms with Gasteiger partial charge in [0.15, 0.2) is 0 Å². The number of ether oxygens (including phenoxy) is 1. The number of rotatable bonds is 18. The van der Waals surface area contributed by atoms with Gasteiger partial charge in [-0.05, 0) is 48.9 Å². The summed E-state index contributed by atoms with van der Waals surface area (Å²) in [5, 5.41) is 0. The van der Waals surface area contributed by atoms with Crippen LogP contribution in [0.1, 0.15) is 116 Å². The van der Waals surface area contributed by atoms with Crippen molar-refractivity contribution in [3.63, 3.8) is 0 Å². The van der Waals surface area contributed by atoms with E-state index >= 15 is 0 Å². The third-order valence-corrected chi connectivity index (χ3v) is 6.26. The van der Waals surface area contributed by atoms with E-state index in [1.165, 1.54) is 101 Å². The molecule has 206 valence electrons. The fourth-order valence-corrected chi connectivity index (χ4v) is 4.28. The molecule has 0 saturated carbocycles. The van der Waals surface area contributed by atoms with Crippen LogP contribution in [0.15, 0.2) is 48.5 Å². The second-order valence-corrected chi connectivity index (χ2v) is 10.6. The monoisotopic (exact) mass is 560 g/mol. The third kappa shape index (κ3) is 21.5. The predicted molar refractivity (Wildman–Crippen MR) is 152 cm³/mol. The van der Waals surface area contributed by atoms with Crippen molar-refractivity contribution in [2.45, 2.75) is 117 Å². The Kier molecular flexibility index (Phi) is 23.8. The molecule has 0 amide bonds. The van der Waals surface area contributed by atoms with Crippen molar-refractivity contribution in [1.82, 2.24) is 0 Å². The average molecular weight is 561 g/mol. The van der Waals surface area contributed by atoms with Crippen LogP contribution in [0.5, 0.6) is 11.5 Å². The summed E-state index contributed by atoms with van der Waals surface area (Å²) in [5.41, 5.74) is 2.70. The first-order chi connectivity index (χ1) is 17.3. The number of aryl methyl sites for hydroxylation is 2. The SMILES string of the molecule is CCCCCCCCCc1ccccc1Oc1ccccc1CCCCCCCCC.O=P(O)(O)O.[H-].[K+]. The molecule has 5 nitrogen and oxygen atoms in total. The summed E-state index contributed by atoms with van der Waals surface area (Å²) in [6, 6.07) is 17.3. The summed E-state index contributed by atoms with van der Waals surface area (Å²) in [5.74, 6) is 2.08. The van der Waals surface area contributed by atoms with Crippen molar-refractivity contribution in [3.05, 3.63) is 59.7 Å². The molecule has 0 unspecified atom stereocenters. The van der Waals surface area contributed by atoms with Gasteiger partial charge in [-0.2, -0.15) is 0 Å². The minimum atomic E-state index is -4.64. The Hall–Kier alpha value is -0.0136. The molecule has 0 radical (unpaired) electrons. The van der Waals surface area contributed by atoms with Crippen molar-refractivity contribution in [2.24, 2.45) is 0 Å². The van der Waals surface area contributed by atoms with E-state index in [2.05, 4.69) is 62.4 Å². The third-order valence-electron chi connectivity index (χ3n) is 6.26. The Balaban J connectivity index is 0. The maximum atomic E-state index is 8.88. The quantitative estimate of drug-likeness (QED) is 0.114. The zero-order valence-corrected chi connectivity index (χ0v) is 27.6. The van der Waals surface area contributed by atoms with Crippen LogP contribution in [0.25, 0.3) is 0 Å². The second kappa shape index (κ2) is 23.8. The average Bonchev–Trinajstić information content (AvgIpc) is 2.84. The van der Waals surface area contributed by atoms with Gasteiger partial charge < -0.3 is 20.8 Å². The molecular formula is C30H50KO5P. The maximum Gasteiger partial charge on any atom is 1.00 e. The topological polar surface area (TPSA) is 87.0 Å². The molecule has 0 bridgehead atoms. The van der Waals surface area contributed by atoms with Crippen LogP contribution < -0.4 is 56.1 Å². The maximum absolute atomic E-state index is 8.88. The smallest absolute Gasteiger partial charge is 1.00 e. The zero-order valence-electron chi connectivity index (χ0n) is 24.5. The molecule has 0 heterocycles. The fourth-order valence-electron chi connectivity index (χ4n) is 4.28. The van der Waals surface area contributed by atoms with Gasteiger partial charge in [0, 0.05) is 0 Å². The van der Waals surface area contributed by atoms with Crippen LogP contribution in [0.4, 0.5) is 0 Å². The number of hydrogen-bond donors (Lipinski definition) is 3. The molecule has 0 aliphatic carbocycles. The van der Waals surface area contributed by atoms with Gasteiger partial charge in [0.25, 0.3) is 0 Å². The molecule has 0 saturated heterocycles. The molecule has 0 fully saturated rings. The Morgan fingerprint density at radius 3 is 1.24 bits per heavy atom. The molecule has 0 aromatic heterocycles. The van der Waals surface area contributed by atoms with E-state index in [0.29, 0.717) is 0 Å². The van der Waals surface area contributed by atoms with Gasteiger partial charge in [-0.15, -0.1) is 0 Å².